The van der Waals surface area contributed by atoms with Crippen molar-refractivity contribution in [2.45, 2.75) is 39.0 Å². The fourth-order valence-corrected chi connectivity index (χ4v) is 0.970. The smallest absolute Gasteiger partial charge is 0.136 e. The topological polar surface area (TPSA) is 17.1 Å². The van der Waals surface area contributed by atoms with Crippen LogP contribution >= 0.6 is 0 Å². The SMILES string of the molecule is C=CC=CCC(=O)CCCCC. The quantitative estimate of drug-likeness (QED) is 0.419. The molecule has 0 saturated heterocycles. The van der Waals surface area contributed by atoms with E-state index in [0.29, 0.717) is 12.2 Å². The van der Waals surface area contributed by atoms with Gasteiger partial charge in [-0.3, -0.25) is 4.79 Å². The lowest BCUT2D eigenvalue weighted by molar-refractivity contribution is -0.118. The third-order valence-corrected chi connectivity index (χ3v) is 1.68. The van der Waals surface area contributed by atoms with Gasteiger partial charge in [0.25, 0.3) is 0 Å². The molecule has 0 aromatic carbocycles. The van der Waals surface area contributed by atoms with Crippen LogP contribution in [0.2, 0.25) is 0 Å². The second-order valence-corrected chi connectivity index (χ2v) is 2.86. The zero-order valence-electron chi connectivity index (χ0n) is 7.88. The maximum Gasteiger partial charge on any atom is 0.136 e. The highest BCUT2D eigenvalue weighted by atomic mass is 16.1. The van der Waals surface area contributed by atoms with Gasteiger partial charge in [0, 0.05) is 12.8 Å². The molecule has 0 aromatic rings. The van der Waals surface area contributed by atoms with Crippen molar-refractivity contribution < 1.29 is 4.79 Å². The molecule has 0 N–H and O–H groups in total. The maximum absolute atomic E-state index is 11.1. The van der Waals surface area contributed by atoms with E-state index in [-0.39, 0.29) is 0 Å². The van der Waals surface area contributed by atoms with Crippen LogP contribution in [0.4, 0.5) is 0 Å². The largest absolute Gasteiger partial charge is 0.299 e. The normalized spacial score (nSPS) is 10.4. The Balaban J connectivity index is 3.33. The van der Waals surface area contributed by atoms with Gasteiger partial charge in [-0.05, 0) is 6.42 Å². The van der Waals surface area contributed by atoms with Crippen molar-refractivity contribution >= 4 is 5.78 Å². The predicted molar refractivity (Wildman–Crippen MR) is 53.1 cm³/mol. The highest BCUT2D eigenvalue weighted by molar-refractivity contribution is 5.79. The summed E-state index contributed by atoms with van der Waals surface area (Å²) in [7, 11) is 0. The molecule has 0 atom stereocenters. The predicted octanol–water partition coefficient (Wildman–Crippen LogP) is 3.27. The standard InChI is InChI=1S/C11H18O/c1-3-5-7-9-11(12)10-8-6-4-2/h3,5,7H,1,4,6,8-10H2,2H3. The maximum atomic E-state index is 11.1. The molecule has 0 rings (SSSR count). The Morgan fingerprint density at radius 3 is 2.75 bits per heavy atom. The molecule has 0 aliphatic heterocycles. The number of unbranched alkanes of at least 4 members (excludes halogenated alkanes) is 2. The minimum atomic E-state index is 0.335. The second kappa shape index (κ2) is 8.25. The molecule has 0 saturated carbocycles. The number of hydrogen-bond donors (Lipinski definition) is 0. The molecule has 0 fully saturated rings. The van der Waals surface area contributed by atoms with Crippen LogP contribution in [0.15, 0.2) is 24.8 Å². The van der Waals surface area contributed by atoms with Gasteiger partial charge in [0.1, 0.15) is 5.78 Å². The van der Waals surface area contributed by atoms with Crippen molar-refractivity contribution in [1.29, 1.82) is 0 Å². The van der Waals surface area contributed by atoms with Crippen LogP contribution in [-0.4, -0.2) is 5.78 Å². The molecule has 0 unspecified atom stereocenters. The lowest BCUT2D eigenvalue weighted by atomic mass is 10.1. The van der Waals surface area contributed by atoms with Crippen LogP contribution in [-0.2, 0) is 4.79 Å². The first-order valence-corrected chi connectivity index (χ1v) is 4.60. The van der Waals surface area contributed by atoms with Crippen LogP contribution in [0.1, 0.15) is 39.0 Å². The van der Waals surface area contributed by atoms with Gasteiger partial charge in [0.2, 0.25) is 0 Å². The molecule has 0 spiro atoms. The van der Waals surface area contributed by atoms with Gasteiger partial charge < -0.3 is 0 Å². The molecule has 0 bridgehead atoms. The molecule has 12 heavy (non-hydrogen) atoms. The van der Waals surface area contributed by atoms with Crippen molar-refractivity contribution in [2.75, 3.05) is 0 Å². The number of hydrogen-bond acceptors (Lipinski definition) is 1. The molecule has 0 heterocycles. The van der Waals surface area contributed by atoms with Gasteiger partial charge in [-0.2, -0.15) is 0 Å². The number of ketones is 1. The lowest BCUT2D eigenvalue weighted by Gasteiger charge is -1.95. The molecule has 1 nitrogen and oxygen atoms in total. The average Bonchev–Trinajstić information content (AvgIpc) is 2.06. The summed E-state index contributed by atoms with van der Waals surface area (Å²) in [5.74, 6) is 0.335. The Labute approximate surface area is 75.2 Å². The van der Waals surface area contributed by atoms with E-state index in [1.54, 1.807) is 6.08 Å². The number of rotatable bonds is 7. The summed E-state index contributed by atoms with van der Waals surface area (Å²) in [4.78, 5) is 11.1. The molecule has 1 heteroatoms. The minimum Gasteiger partial charge on any atom is -0.299 e. The van der Waals surface area contributed by atoms with E-state index in [0.717, 1.165) is 19.3 Å². The van der Waals surface area contributed by atoms with E-state index >= 15 is 0 Å². The first-order valence-electron chi connectivity index (χ1n) is 4.60. The molecular formula is C11H18O. The molecule has 0 aliphatic rings. The monoisotopic (exact) mass is 166 g/mol. The van der Waals surface area contributed by atoms with E-state index in [1.165, 1.54) is 6.42 Å². The van der Waals surface area contributed by atoms with Crippen LogP contribution in [0.5, 0.6) is 0 Å². The third kappa shape index (κ3) is 7.26. The summed E-state index contributed by atoms with van der Waals surface area (Å²) >= 11 is 0. The molecule has 0 aromatic heterocycles. The Morgan fingerprint density at radius 2 is 2.17 bits per heavy atom. The van der Waals surface area contributed by atoms with Crippen LogP contribution < -0.4 is 0 Å². The van der Waals surface area contributed by atoms with Gasteiger partial charge in [-0.25, -0.2) is 0 Å². The molecule has 0 amide bonds. The second-order valence-electron chi connectivity index (χ2n) is 2.86. The van der Waals surface area contributed by atoms with Crippen molar-refractivity contribution in [3.05, 3.63) is 24.8 Å². The first-order chi connectivity index (χ1) is 5.81. The fourth-order valence-electron chi connectivity index (χ4n) is 0.970. The van der Waals surface area contributed by atoms with E-state index < -0.39 is 0 Å². The van der Waals surface area contributed by atoms with Crippen LogP contribution in [0, 0.1) is 0 Å². The van der Waals surface area contributed by atoms with Crippen LogP contribution in [0.3, 0.4) is 0 Å². The highest BCUT2D eigenvalue weighted by Crippen LogP contribution is 2.02. The van der Waals surface area contributed by atoms with Gasteiger partial charge in [-0.15, -0.1) is 0 Å². The summed E-state index contributed by atoms with van der Waals surface area (Å²) in [6.45, 7) is 5.68. The summed E-state index contributed by atoms with van der Waals surface area (Å²) in [5, 5.41) is 0. The van der Waals surface area contributed by atoms with Crippen molar-refractivity contribution in [2.24, 2.45) is 0 Å². The van der Waals surface area contributed by atoms with E-state index in [9.17, 15) is 4.79 Å². The summed E-state index contributed by atoms with van der Waals surface area (Å²) in [5.41, 5.74) is 0. The Bertz CT molecular complexity index is 156. The summed E-state index contributed by atoms with van der Waals surface area (Å²) in [6.07, 6.45) is 10.0. The van der Waals surface area contributed by atoms with E-state index in [1.807, 2.05) is 12.2 Å². The highest BCUT2D eigenvalue weighted by Gasteiger charge is 1.96. The minimum absolute atomic E-state index is 0.335. The van der Waals surface area contributed by atoms with Crippen LogP contribution in [0.25, 0.3) is 0 Å². The summed E-state index contributed by atoms with van der Waals surface area (Å²) in [6, 6.07) is 0. The number of carbonyl (C=O) groups excluding carboxylic acids is 1. The molecular weight excluding hydrogens is 148 g/mol. The zero-order valence-corrected chi connectivity index (χ0v) is 7.88. The third-order valence-electron chi connectivity index (χ3n) is 1.68. The van der Waals surface area contributed by atoms with Gasteiger partial charge in [-0.1, -0.05) is 44.6 Å². The summed E-state index contributed by atoms with van der Waals surface area (Å²) < 4.78 is 0. The Kier molecular flexibility index (Phi) is 7.66. The van der Waals surface area contributed by atoms with Crippen molar-refractivity contribution in [3.63, 3.8) is 0 Å². The number of Topliss-reactive ketones (excluding diaryl/α,β-unsaturated/α-hetero) is 1. The molecule has 0 radical (unpaired) electrons. The van der Waals surface area contributed by atoms with E-state index in [2.05, 4.69) is 13.5 Å². The molecule has 0 aliphatic carbocycles. The van der Waals surface area contributed by atoms with Crippen molar-refractivity contribution in [1.82, 2.24) is 0 Å². The van der Waals surface area contributed by atoms with Crippen molar-refractivity contribution in [3.8, 4) is 0 Å². The average molecular weight is 166 g/mol. The Morgan fingerprint density at radius 1 is 1.42 bits per heavy atom. The Hall–Kier alpha value is -0.850. The van der Waals surface area contributed by atoms with E-state index in [4.69, 9.17) is 0 Å². The number of carbonyl (C=O) groups is 1. The number of allylic oxidation sites excluding steroid dienone is 3. The lowest BCUT2D eigenvalue weighted by Crippen LogP contribution is -1.94. The fraction of sp³-hybridized carbons (Fsp3) is 0.545. The van der Waals surface area contributed by atoms with Gasteiger partial charge >= 0.3 is 0 Å². The molecule has 68 valence electrons. The zero-order chi connectivity index (χ0) is 9.23. The van der Waals surface area contributed by atoms with Gasteiger partial charge in [0.15, 0.2) is 0 Å². The first kappa shape index (κ1) is 11.2. The van der Waals surface area contributed by atoms with Gasteiger partial charge in [0.05, 0.1) is 0 Å².